The van der Waals surface area contributed by atoms with Crippen LogP contribution in [0.2, 0.25) is 5.02 Å². The molecule has 1 aliphatic rings. The maximum Gasteiger partial charge on any atom is 0.0443 e. The maximum absolute atomic E-state index is 6.14. The number of rotatable bonds is 0. The topological polar surface area (TPSA) is 0 Å². The van der Waals surface area contributed by atoms with Crippen LogP contribution in [0.5, 0.6) is 0 Å². The summed E-state index contributed by atoms with van der Waals surface area (Å²) in [6.45, 7) is 4.39. The van der Waals surface area contributed by atoms with Crippen LogP contribution in [0.15, 0.2) is 12.1 Å². The van der Waals surface area contributed by atoms with Crippen molar-refractivity contribution in [3.05, 3.63) is 33.8 Å². The third-order valence-corrected chi connectivity index (χ3v) is 3.07. The molecule has 1 atom stereocenters. The number of halogens is 1. The molecule has 64 valence electrons. The lowest BCUT2D eigenvalue weighted by Crippen LogP contribution is -1.88. The van der Waals surface area contributed by atoms with E-state index in [-0.39, 0.29) is 0 Å². The van der Waals surface area contributed by atoms with Gasteiger partial charge in [-0.3, -0.25) is 0 Å². The summed E-state index contributed by atoms with van der Waals surface area (Å²) in [5.74, 6) is 0.706. The largest absolute Gasteiger partial charge is 0.0840 e. The number of hydrogen-bond acceptors (Lipinski definition) is 0. The van der Waals surface area contributed by atoms with E-state index in [4.69, 9.17) is 11.6 Å². The van der Waals surface area contributed by atoms with Crippen molar-refractivity contribution >= 4 is 11.6 Å². The Morgan fingerprint density at radius 1 is 1.42 bits per heavy atom. The monoisotopic (exact) mass is 180 g/mol. The predicted molar refractivity (Wildman–Crippen MR) is 52.9 cm³/mol. The van der Waals surface area contributed by atoms with E-state index in [1.165, 1.54) is 23.1 Å². The van der Waals surface area contributed by atoms with Gasteiger partial charge in [0.1, 0.15) is 0 Å². The Morgan fingerprint density at radius 2 is 2.17 bits per heavy atom. The van der Waals surface area contributed by atoms with E-state index in [2.05, 4.69) is 26.0 Å². The van der Waals surface area contributed by atoms with Crippen molar-refractivity contribution in [1.29, 1.82) is 0 Å². The first-order chi connectivity index (χ1) is 5.68. The molecule has 0 N–H and O–H groups in total. The fraction of sp³-hybridized carbons (Fsp3) is 0.455. The molecule has 0 heterocycles. The zero-order chi connectivity index (χ0) is 8.72. The molecule has 1 aliphatic carbocycles. The summed E-state index contributed by atoms with van der Waals surface area (Å²) >= 11 is 6.14. The van der Waals surface area contributed by atoms with Crippen LogP contribution in [0.4, 0.5) is 0 Å². The molecule has 1 aromatic carbocycles. The molecular weight excluding hydrogens is 168 g/mol. The molecule has 0 aliphatic heterocycles. The lowest BCUT2D eigenvalue weighted by atomic mass is 10.0. The highest BCUT2D eigenvalue weighted by Gasteiger charge is 2.20. The van der Waals surface area contributed by atoms with Gasteiger partial charge in [0.05, 0.1) is 0 Å². The van der Waals surface area contributed by atoms with Gasteiger partial charge in [-0.2, -0.15) is 0 Å². The molecule has 2 rings (SSSR count). The van der Waals surface area contributed by atoms with Crippen molar-refractivity contribution in [2.24, 2.45) is 0 Å². The van der Waals surface area contributed by atoms with Crippen LogP contribution in [0, 0.1) is 6.92 Å². The highest BCUT2D eigenvalue weighted by atomic mass is 35.5. The molecule has 12 heavy (non-hydrogen) atoms. The Morgan fingerprint density at radius 3 is 2.92 bits per heavy atom. The Labute approximate surface area is 78.6 Å². The predicted octanol–water partition coefficient (Wildman–Crippen LogP) is 3.70. The van der Waals surface area contributed by atoms with Crippen LogP contribution in [-0.2, 0) is 6.42 Å². The van der Waals surface area contributed by atoms with Crippen molar-refractivity contribution in [3.8, 4) is 0 Å². The van der Waals surface area contributed by atoms with Crippen molar-refractivity contribution in [3.63, 3.8) is 0 Å². The lowest BCUT2D eigenvalue weighted by molar-refractivity contribution is 0.747. The molecule has 0 fully saturated rings. The first-order valence-corrected chi connectivity index (χ1v) is 4.85. The second kappa shape index (κ2) is 2.77. The minimum atomic E-state index is 0.706. The molecule has 1 aromatic rings. The third kappa shape index (κ3) is 1.15. The van der Waals surface area contributed by atoms with Crippen molar-refractivity contribution in [1.82, 2.24) is 0 Å². The second-order valence-corrected chi connectivity index (χ2v) is 4.16. The SMILES string of the molecule is Cc1cc(Cl)c2c(c1)C(C)CC2. The highest BCUT2D eigenvalue weighted by molar-refractivity contribution is 6.31. The number of fused-ring (bicyclic) bond motifs is 1. The normalized spacial score (nSPS) is 21.1. The molecular formula is C11H13Cl. The average molecular weight is 181 g/mol. The number of hydrogen-bond donors (Lipinski definition) is 0. The van der Waals surface area contributed by atoms with Crippen LogP contribution in [0.25, 0.3) is 0 Å². The van der Waals surface area contributed by atoms with Crippen LogP contribution in [0.1, 0.15) is 36.0 Å². The number of benzene rings is 1. The van der Waals surface area contributed by atoms with Gasteiger partial charge in [0.2, 0.25) is 0 Å². The summed E-state index contributed by atoms with van der Waals surface area (Å²) in [6.07, 6.45) is 2.42. The minimum Gasteiger partial charge on any atom is -0.0840 e. The van der Waals surface area contributed by atoms with Crippen LogP contribution in [0.3, 0.4) is 0 Å². The zero-order valence-corrected chi connectivity index (χ0v) is 8.28. The van der Waals surface area contributed by atoms with Crippen LogP contribution >= 0.6 is 11.6 Å². The Kier molecular flexibility index (Phi) is 1.88. The molecule has 0 nitrogen and oxygen atoms in total. The quantitative estimate of drug-likeness (QED) is 0.571. The molecule has 0 amide bonds. The smallest absolute Gasteiger partial charge is 0.0443 e. The Balaban J connectivity index is 2.60. The fourth-order valence-electron chi connectivity index (χ4n) is 2.02. The minimum absolute atomic E-state index is 0.706. The Bertz CT molecular complexity index is 315. The molecule has 0 bridgehead atoms. The van der Waals surface area contributed by atoms with Gasteiger partial charge in [-0.15, -0.1) is 0 Å². The first-order valence-electron chi connectivity index (χ1n) is 4.47. The van der Waals surface area contributed by atoms with Gasteiger partial charge in [-0.25, -0.2) is 0 Å². The van der Waals surface area contributed by atoms with Crippen molar-refractivity contribution in [2.75, 3.05) is 0 Å². The van der Waals surface area contributed by atoms with Crippen molar-refractivity contribution < 1.29 is 0 Å². The molecule has 0 saturated carbocycles. The molecule has 0 radical (unpaired) electrons. The molecule has 1 heteroatoms. The van der Waals surface area contributed by atoms with Gasteiger partial charge in [-0.05, 0) is 48.4 Å². The molecule has 1 unspecified atom stereocenters. The van der Waals surface area contributed by atoms with Gasteiger partial charge < -0.3 is 0 Å². The fourth-order valence-corrected chi connectivity index (χ4v) is 2.39. The van der Waals surface area contributed by atoms with E-state index >= 15 is 0 Å². The molecule has 0 aromatic heterocycles. The van der Waals surface area contributed by atoms with E-state index in [9.17, 15) is 0 Å². The van der Waals surface area contributed by atoms with E-state index in [1.54, 1.807) is 0 Å². The number of aryl methyl sites for hydroxylation is 1. The highest BCUT2D eigenvalue weighted by Crippen LogP contribution is 2.37. The maximum atomic E-state index is 6.14. The Hall–Kier alpha value is -0.490. The average Bonchev–Trinajstić information content (AvgIpc) is 2.33. The summed E-state index contributed by atoms with van der Waals surface area (Å²) < 4.78 is 0. The van der Waals surface area contributed by atoms with Gasteiger partial charge >= 0.3 is 0 Å². The lowest BCUT2D eigenvalue weighted by Gasteiger charge is -2.06. The summed E-state index contributed by atoms with van der Waals surface area (Å²) in [6, 6.07) is 4.34. The molecule has 0 spiro atoms. The van der Waals surface area contributed by atoms with Gasteiger partial charge in [0.15, 0.2) is 0 Å². The van der Waals surface area contributed by atoms with Crippen molar-refractivity contribution in [2.45, 2.75) is 32.6 Å². The summed E-state index contributed by atoms with van der Waals surface area (Å²) in [7, 11) is 0. The first kappa shape index (κ1) is 8.12. The standard InChI is InChI=1S/C11H13Cl/c1-7-5-10-8(2)3-4-9(10)11(12)6-7/h5-6,8H,3-4H2,1-2H3. The van der Waals surface area contributed by atoms with E-state index in [0.717, 1.165) is 11.4 Å². The van der Waals surface area contributed by atoms with E-state index < -0.39 is 0 Å². The van der Waals surface area contributed by atoms with E-state index in [1.807, 2.05) is 0 Å². The van der Waals surface area contributed by atoms with Crippen LogP contribution in [-0.4, -0.2) is 0 Å². The third-order valence-electron chi connectivity index (χ3n) is 2.73. The van der Waals surface area contributed by atoms with E-state index in [0.29, 0.717) is 5.92 Å². The molecule has 0 saturated heterocycles. The summed E-state index contributed by atoms with van der Waals surface area (Å²) in [4.78, 5) is 0. The van der Waals surface area contributed by atoms with Crippen LogP contribution < -0.4 is 0 Å². The zero-order valence-electron chi connectivity index (χ0n) is 7.52. The van der Waals surface area contributed by atoms with Gasteiger partial charge in [0.25, 0.3) is 0 Å². The summed E-state index contributed by atoms with van der Waals surface area (Å²) in [5, 5.41) is 0.967. The summed E-state index contributed by atoms with van der Waals surface area (Å²) in [5.41, 5.74) is 4.14. The van der Waals surface area contributed by atoms with Gasteiger partial charge in [-0.1, -0.05) is 24.6 Å². The van der Waals surface area contributed by atoms with Gasteiger partial charge in [0, 0.05) is 5.02 Å². The second-order valence-electron chi connectivity index (χ2n) is 3.75.